The standard InChI is InChI=1S/C20H28BrN3O/c1-14-9-18(21)11-22-20(14)23-7-5-15(6-8-23)10-19(25)24-12-16-3-2-4-17(16)13-24/h9,11,15-17H,2-8,10,12-13H2,1H3. The van der Waals surface area contributed by atoms with Crippen LogP contribution in [0, 0.1) is 24.7 Å². The molecule has 0 radical (unpaired) electrons. The molecule has 136 valence electrons. The van der Waals surface area contributed by atoms with Gasteiger partial charge >= 0.3 is 0 Å². The minimum Gasteiger partial charge on any atom is -0.356 e. The largest absolute Gasteiger partial charge is 0.356 e. The molecule has 1 aromatic heterocycles. The molecule has 3 fully saturated rings. The number of anilines is 1. The topological polar surface area (TPSA) is 36.4 Å². The van der Waals surface area contributed by atoms with Gasteiger partial charge in [0, 0.05) is 43.3 Å². The Hall–Kier alpha value is -1.10. The van der Waals surface area contributed by atoms with E-state index >= 15 is 0 Å². The van der Waals surface area contributed by atoms with Crippen LogP contribution in [0.1, 0.15) is 44.1 Å². The first-order valence-electron chi connectivity index (χ1n) is 9.75. The molecule has 2 atom stereocenters. The summed E-state index contributed by atoms with van der Waals surface area (Å²) in [6.07, 6.45) is 8.88. The maximum Gasteiger partial charge on any atom is 0.222 e. The number of carbonyl (C=O) groups excluding carboxylic acids is 1. The fourth-order valence-corrected chi connectivity index (χ4v) is 5.47. The number of piperidine rings is 1. The molecular formula is C20H28BrN3O. The van der Waals surface area contributed by atoms with Crippen LogP contribution in [0.4, 0.5) is 5.82 Å². The highest BCUT2D eigenvalue weighted by molar-refractivity contribution is 9.10. The minimum atomic E-state index is 0.408. The molecule has 4 nitrogen and oxygen atoms in total. The fourth-order valence-electron chi connectivity index (χ4n) is 5.03. The van der Waals surface area contributed by atoms with Crippen LogP contribution in [0.2, 0.25) is 0 Å². The van der Waals surface area contributed by atoms with Gasteiger partial charge in [-0.05, 0) is 77.9 Å². The van der Waals surface area contributed by atoms with E-state index in [1.165, 1.54) is 24.8 Å². The number of amides is 1. The van der Waals surface area contributed by atoms with E-state index in [0.717, 1.165) is 67.6 Å². The minimum absolute atomic E-state index is 0.408. The van der Waals surface area contributed by atoms with Gasteiger partial charge in [0.05, 0.1) is 0 Å². The normalized spacial score (nSPS) is 27.0. The molecule has 2 saturated heterocycles. The fraction of sp³-hybridized carbons (Fsp3) is 0.700. The second-order valence-electron chi connectivity index (χ2n) is 8.18. The predicted molar refractivity (Wildman–Crippen MR) is 104 cm³/mol. The van der Waals surface area contributed by atoms with Crippen molar-refractivity contribution in [3.8, 4) is 0 Å². The Bertz CT molecular complexity index is 630. The van der Waals surface area contributed by atoms with Crippen LogP contribution in [-0.2, 0) is 4.79 Å². The highest BCUT2D eigenvalue weighted by Crippen LogP contribution is 2.38. The number of hydrogen-bond donors (Lipinski definition) is 0. The Morgan fingerprint density at radius 2 is 1.88 bits per heavy atom. The van der Waals surface area contributed by atoms with Gasteiger partial charge < -0.3 is 9.80 Å². The lowest BCUT2D eigenvalue weighted by molar-refractivity contribution is -0.131. The van der Waals surface area contributed by atoms with E-state index in [-0.39, 0.29) is 0 Å². The number of aromatic nitrogens is 1. The van der Waals surface area contributed by atoms with Gasteiger partial charge in [-0.3, -0.25) is 4.79 Å². The Morgan fingerprint density at radius 1 is 1.20 bits per heavy atom. The summed E-state index contributed by atoms with van der Waals surface area (Å²) < 4.78 is 1.03. The summed E-state index contributed by atoms with van der Waals surface area (Å²) in [5.74, 6) is 3.65. The molecule has 1 aliphatic carbocycles. The monoisotopic (exact) mass is 405 g/mol. The molecule has 3 heterocycles. The van der Waals surface area contributed by atoms with E-state index in [4.69, 9.17) is 0 Å². The molecule has 0 bridgehead atoms. The summed E-state index contributed by atoms with van der Waals surface area (Å²) in [6, 6.07) is 2.13. The Labute approximate surface area is 159 Å². The number of hydrogen-bond acceptors (Lipinski definition) is 3. The number of likely N-dealkylation sites (tertiary alicyclic amines) is 1. The quantitative estimate of drug-likeness (QED) is 0.761. The van der Waals surface area contributed by atoms with Crippen molar-refractivity contribution < 1.29 is 4.79 Å². The Morgan fingerprint density at radius 3 is 2.52 bits per heavy atom. The van der Waals surface area contributed by atoms with Crippen LogP contribution in [0.15, 0.2) is 16.7 Å². The zero-order valence-corrected chi connectivity index (χ0v) is 16.7. The van der Waals surface area contributed by atoms with Gasteiger partial charge in [0.1, 0.15) is 5.82 Å². The highest BCUT2D eigenvalue weighted by Gasteiger charge is 2.38. The van der Waals surface area contributed by atoms with Gasteiger partial charge in [-0.15, -0.1) is 0 Å². The van der Waals surface area contributed by atoms with Crippen molar-refractivity contribution in [1.29, 1.82) is 0 Å². The summed E-state index contributed by atoms with van der Waals surface area (Å²) in [5, 5.41) is 0. The number of nitrogens with zero attached hydrogens (tertiary/aromatic N) is 3. The lowest BCUT2D eigenvalue weighted by atomic mass is 9.92. The van der Waals surface area contributed by atoms with Crippen molar-refractivity contribution >= 4 is 27.7 Å². The van der Waals surface area contributed by atoms with Crippen LogP contribution >= 0.6 is 15.9 Å². The van der Waals surface area contributed by atoms with E-state index in [1.807, 2.05) is 6.20 Å². The maximum absolute atomic E-state index is 12.7. The summed E-state index contributed by atoms with van der Waals surface area (Å²) in [7, 11) is 0. The number of rotatable bonds is 3. The molecule has 0 N–H and O–H groups in total. The van der Waals surface area contributed by atoms with Crippen molar-refractivity contribution in [2.24, 2.45) is 17.8 Å². The SMILES string of the molecule is Cc1cc(Br)cnc1N1CCC(CC(=O)N2CC3CCCC3C2)CC1. The smallest absolute Gasteiger partial charge is 0.222 e. The molecule has 3 aliphatic rings. The predicted octanol–water partition coefficient (Wildman–Crippen LogP) is 4.02. The number of halogens is 1. The molecule has 2 aliphatic heterocycles. The number of carbonyl (C=O) groups is 1. The number of fused-ring (bicyclic) bond motifs is 1. The zero-order valence-electron chi connectivity index (χ0n) is 15.1. The van der Waals surface area contributed by atoms with Crippen LogP contribution in [0.25, 0.3) is 0 Å². The Kier molecular flexibility index (Phi) is 5.03. The highest BCUT2D eigenvalue weighted by atomic mass is 79.9. The van der Waals surface area contributed by atoms with Crippen molar-refractivity contribution in [3.63, 3.8) is 0 Å². The molecule has 4 rings (SSSR count). The maximum atomic E-state index is 12.7. The molecular weight excluding hydrogens is 378 g/mol. The average Bonchev–Trinajstić information content (AvgIpc) is 3.17. The van der Waals surface area contributed by atoms with Gasteiger partial charge in [-0.25, -0.2) is 4.98 Å². The van der Waals surface area contributed by atoms with Crippen LogP contribution in [0.3, 0.4) is 0 Å². The van der Waals surface area contributed by atoms with Gasteiger partial charge in [0.15, 0.2) is 0 Å². The molecule has 1 saturated carbocycles. The van der Waals surface area contributed by atoms with Crippen molar-refractivity contribution in [3.05, 3.63) is 22.3 Å². The van der Waals surface area contributed by atoms with Gasteiger partial charge in [0.2, 0.25) is 5.91 Å². The van der Waals surface area contributed by atoms with Gasteiger partial charge in [-0.2, -0.15) is 0 Å². The van der Waals surface area contributed by atoms with Crippen LogP contribution in [0.5, 0.6) is 0 Å². The molecule has 1 aromatic rings. The van der Waals surface area contributed by atoms with E-state index in [2.05, 4.69) is 43.7 Å². The zero-order chi connectivity index (χ0) is 17.4. The van der Waals surface area contributed by atoms with Crippen LogP contribution < -0.4 is 4.90 Å². The van der Waals surface area contributed by atoms with Crippen molar-refractivity contribution in [1.82, 2.24) is 9.88 Å². The van der Waals surface area contributed by atoms with E-state index in [1.54, 1.807) is 0 Å². The molecule has 25 heavy (non-hydrogen) atoms. The second-order valence-corrected chi connectivity index (χ2v) is 9.09. The molecule has 0 spiro atoms. The third kappa shape index (κ3) is 3.71. The summed E-state index contributed by atoms with van der Waals surface area (Å²) in [6.45, 7) is 6.21. The first-order valence-corrected chi connectivity index (χ1v) is 10.5. The first-order chi connectivity index (χ1) is 12.1. The van der Waals surface area contributed by atoms with Crippen LogP contribution in [-0.4, -0.2) is 42.0 Å². The first kappa shape index (κ1) is 17.3. The van der Waals surface area contributed by atoms with Crippen molar-refractivity contribution in [2.75, 3.05) is 31.1 Å². The molecule has 1 amide bonds. The van der Waals surface area contributed by atoms with E-state index < -0.39 is 0 Å². The second kappa shape index (κ2) is 7.26. The third-order valence-electron chi connectivity index (χ3n) is 6.47. The van der Waals surface area contributed by atoms with Gasteiger partial charge in [-0.1, -0.05) is 6.42 Å². The van der Waals surface area contributed by atoms with E-state index in [9.17, 15) is 4.79 Å². The van der Waals surface area contributed by atoms with Crippen molar-refractivity contribution in [2.45, 2.75) is 45.4 Å². The number of aryl methyl sites for hydroxylation is 1. The lowest BCUT2D eigenvalue weighted by Crippen LogP contribution is -2.37. The average molecular weight is 406 g/mol. The molecule has 2 unspecified atom stereocenters. The third-order valence-corrected chi connectivity index (χ3v) is 6.91. The number of pyridine rings is 1. The summed E-state index contributed by atoms with van der Waals surface area (Å²) >= 11 is 3.48. The summed E-state index contributed by atoms with van der Waals surface area (Å²) in [5.41, 5.74) is 1.22. The summed E-state index contributed by atoms with van der Waals surface area (Å²) in [4.78, 5) is 21.8. The Balaban J connectivity index is 1.28. The molecule has 0 aromatic carbocycles. The van der Waals surface area contributed by atoms with Gasteiger partial charge in [0.25, 0.3) is 0 Å². The lowest BCUT2D eigenvalue weighted by Gasteiger charge is -2.34. The molecule has 5 heteroatoms. The van der Waals surface area contributed by atoms with E-state index in [0.29, 0.717) is 11.8 Å².